The summed E-state index contributed by atoms with van der Waals surface area (Å²) in [5.41, 5.74) is 4.51. The van der Waals surface area contributed by atoms with Gasteiger partial charge < -0.3 is 15.1 Å². The summed E-state index contributed by atoms with van der Waals surface area (Å²) in [6.07, 6.45) is 5.12. The smallest absolute Gasteiger partial charge is 0.262 e. The van der Waals surface area contributed by atoms with Crippen LogP contribution in [0.3, 0.4) is 0 Å². The summed E-state index contributed by atoms with van der Waals surface area (Å²) in [5.74, 6) is -0.770. The van der Waals surface area contributed by atoms with Gasteiger partial charge in [0.25, 0.3) is 5.91 Å². The Bertz CT molecular complexity index is 1210. The Morgan fingerprint density at radius 1 is 0.968 bits per heavy atom. The van der Waals surface area contributed by atoms with E-state index in [0.717, 1.165) is 28.5 Å². The van der Waals surface area contributed by atoms with Crippen LogP contribution in [0.25, 0.3) is 11.3 Å². The van der Waals surface area contributed by atoms with E-state index in [2.05, 4.69) is 9.97 Å². The molecule has 0 unspecified atom stereocenters. The van der Waals surface area contributed by atoms with Crippen LogP contribution >= 0.6 is 0 Å². The van der Waals surface area contributed by atoms with Crippen LogP contribution in [0.5, 0.6) is 11.5 Å². The number of rotatable bonds is 5. The van der Waals surface area contributed by atoms with E-state index in [9.17, 15) is 15.0 Å². The van der Waals surface area contributed by atoms with E-state index < -0.39 is 0 Å². The topological polar surface area (TPSA) is 86.6 Å². The van der Waals surface area contributed by atoms with E-state index in [1.165, 1.54) is 12.1 Å². The van der Waals surface area contributed by atoms with E-state index in [4.69, 9.17) is 0 Å². The summed E-state index contributed by atoms with van der Waals surface area (Å²) in [5, 5.41) is 19.8. The Kier molecular flexibility index (Phi) is 5.62. The average molecular weight is 411 g/mol. The Balaban J connectivity index is 1.72. The third kappa shape index (κ3) is 4.38. The Labute approximate surface area is 180 Å². The van der Waals surface area contributed by atoms with Gasteiger partial charge in [-0.1, -0.05) is 24.3 Å². The zero-order valence-electron chi connectivity index (χ0n) is 16.9. The molecule has 1 amide bonds. The second kappa shape index (κ2) is 8.67. The van der Waals surface area contributed by atoms with Crippen molar-refractivity contribution in [3.8, 4) is 22.8 Å². The molecule has 0 aliphatic carbocycles. The van der Waals surface area contributed by atoms with Gasteiger partial charge in [-0.05, 0) is 54.4 Å². The van der Waals surface area contributed by atoms with Crippen molar-refractivity contribution in [2.75, 3.05) is 4.90 Å². The van der Waals surface area contributed by atoms with Crippen molar-refractivity contribution in [1.29, 1.82) is 0 Å². The van der Waals surface area contributed by atoms with Crippen molar-refractivity contribution in [3.05, 3.63) is 102 Å². The van der Waals surface area contributed by atoms with Crippen LogP contribution in [-0.2, 0) is 6.54 Å². The van der Waals surface area contributed by atoms with Gasteiger partial charge in [-0.2, -0.15) is 0 Å². The number of aromatic hydroxyl groups is 2. The Hall–Kier alpha value is -4.19. The molecule has 0 fully saturated rings. The molecule has 4 rings (SSSR count). The van der Waals surface area contributed by atoms with E-state index in [1.54, 1.807) is 23.5 Å². The summed E-state index contributed by atoms with van der Waals surface area (Å²) in [7, 11) is 0. The van der Waals surface area contributed by atoms with Crippen LogP contribution in [0.2, 0.25) is 0 Å². The second-order valence-electron chi connectivity index (χ2n) is 7.17. The number of carbonyl (C=O) groups is 1. The molecule has 0 atom stereocenters. The number of phenolic OH excluding ortho intramolecular Hbond substituents is 2. The molecular weight excluding hydrogens is 390 g/mol. The van der Waals surface area contributed by atoms with Crippen molar-refractivity contribution in [3.63, 3.8) is 0 Å². The molecule has 0 radical (unpaired) electrons. The van der Waals surface area contributed by atoms with Gasteiger partial charge in [0.05, 0.1) is 17.8 Å². The molecule has 6 nitrogen and oxygen atoms in total. The van der Waals surface area contributed by atoms with Crippen LogP contribution < -0.4 is 4.90 Å². The van der Waals surface area contributed by atoms with Crippen LogP contribution in [0.4, 0.5) is 5.69 Å². The first-order chi connectivity index (χ1) is 15.0. The van der Waals surface area contributed by atoms with Crippen molar-refractivity contribution in [2.24, 2.45) is 0 Å². The third-order valence-corrected chi connectivity index (χ3v) is 4.98. The molecular formula is C25H21N3O3. The van der Waals surface area contributed by atoms with Gasteiger partial charge in [0, 0.05) is 35.9 Å². The molecule has 2 heterocycles. The number of amides is 1. The number of aryl methyl sites for hydroxylation is 1. The van der Waals surface area contributed by atoms with E-state index in [0.29, 0.717) is 5.69 Å². The van der Waals surface area contributed by atoms with E-state index in [-0.39, 0.29) is 29.5 Å². The minimum atomic E-state index is -0.386. The normalized spacial score (nSPS) is 10.6. The molecule has 31 heavy (non-hydrogen) atoms. The highest BCUT2D eigenvalue weighted by Crippen LogP contribution is 2.29. The molecule has 2 aromatic carbocycles. The summed E-state index contributed by atoms with van der Waals surface area (Å²) >= 11 is 0. The minimum Gasteiger partial charge on any atom is -0.508 e. The standard InChI is InChI=1S/C25H21N3O3/c1-17-4-2-13-27-24(17)19-6-8-20(9-7-19)28(16-18-5-3-12-26-15-18)25(31)22-11-10-21(29)14-23(22)30/h2-15,29-30H,16H2,1H3. The molecule has 0 bridgehead atoms. The van der Waals surface area contributed by atoms with E-state index >= 15 is 0 Å². The molecule has 0 saturated heterocycles. The highest BCUT2D eigenvalue weighted by molar-refractivity contribution is 6.08. The number of hydrogen-bond donors (Lipinski definition) is 2. The number of anilines is 1. The molecule has 2 aromatic heterocycles. The molecule has 6 heteroatoms. The first kappa shape index (κ1) is 20.1. The van der Waals surface area contributed by atoms with Crippen molar-refractivity contribution >= 4 is 11.6 Å². The molecule has 0 aliphatic heterocycles. The Morgan fingerprint density at radius 3 is 2.42 bits per heavy atom. The first-order valence-electron chi connectivity index (χ1n) is 9.78. The maximum absolute atomic E-state index is 13.3. The second-order valence-corrected chi connectivity index (χ2v) is 7.17. The molecule has 154 valence electrons. The zero-order chi connectivity index (χ0) is 21.8. The summed E-state index contributed by atoms with van der Waals surface area (Å²) < 4.78 is 0. The number of nitrogens with zero attached hydrogens (tertiary/aromatic N) is 3. The highest BCUT2D eigenvalue weighted by atomic mass is 16.3. The number of hydrogen-bond acceptors (Lipinski definition) is 5. The monoisotopic (exact) mass is 411 g/mol. The molecule has 2 N–H and O–H groups in total. The molecule has 0 saturated carbocycles. The number of phenols is 2. The number of aromatic nitrogens is 2. The lowest BCUT2D eigenvalue weighted by atomic mass is 10.1. The van der Waals surface area contributed by atoms with Crippen molar-refractivity contribution < 1.29 is 15.0 Å². The fraction of sp³-hybridized carbons (Fsp3) is 0.0800. The lowest BCUT2D eigenvalue weighted by Crippen LogP contribution is -2.30. The van der Waals surface area contributed by atoms with Gasteiger partial charge in [-0.15, -0.1) is 0 Å². The van der Waals surface area contributed by atoms with Crippen LogP contribution in [-0.4, -0.2) is 26.1 Å². The van der Waals surface area contributed by atoms with Crippen LogP contribution in [0.1, 0.15) is 21.5 Å². The fourth-order valence-electron chi connectivity index (χ4n) is 3.39. The summed E-state index contributed by atoms with van der Waals surface area (Å²) in [4.78, 5) is 23.5. The van der Waals surface area contributed by atoms with Crippen LogP contribution in [0.15, 0.2) is 85.3 Å². The van der Waals surface area contributed by atoms with Gasteiger partial charge in [0.15, 0.2) is 0 Å². The average Bonchev–Trinajstić information content (AvgIpc) is 2.78. The first-order valence-corrected chi connectivity index (χ1v) is 9.78. The third-order valence-electron chi connectivity index (χ3n) is 4.98. The quantitative estimate of drug-likeness (QED) is 0.497. The summed E-state index contributed by atoms with van der Waals surface area (Å²) in [6, 6.07) is 19.1. The van der Waals surface area contributed by atoms with Gasteiger partial charge in [0.2, 0.25) is 0 Å². The molecule has 4 aromatic rings. The maximum atomic E-state index is 13.3. The largest absolute Gasteiger partial charge is 0.508 e. The molecule has 0 aliphatic rings. The summed E-state index contributed by atoms with van der Waals surface area (Å²) in [6.45, 7) is 2.27. The Morgan fingerprint density at radius 2 is 1.74 bits per heavy atom. The molecule has 0 spiro atoms. The van der Waals surface area contributed by atoms with E-state index in [1.807, 2.05) is 55.5 Å². The number of benzene rings is 2. The zero-order valence-corrected chi connectivity index (χ0v) is 16.9. The number of pyridine rings is 2. The minimum absolute atomic E-state index is 0.103. The SMILES string of the molecule is Cc1cccnc1-c1ccc(N(Cc2cccnc2)C(=O)c2ccc(O)cc2O)cc1. The van der Waals surface area contributed by atoms with Gasteiger partial charge in [-0.25, -0.2) is 0 Å². The van der Waals surface area contributed by atoms with Crippen molar-refractivity contribution in [1.82, 2.24) is 9.97 Å². The highest BCUT2D eigenvalue weighted by Gasteiger charge is 2.22. The number of carbonyl (C=O) groups excluding carboxylic acids is 1. The predicted octanol–water partition coefficient (Wildman–Crippen LogP) is 4.71. The lowest BCUT2D eigenvalue weighted by Gasteiger charge is -2.24. The van der Waals surface area contributed by atoms with Crippen LogP contribution in [0, 0.1) is 6.92 Å². The predicted molar refractivity (Wildman–Crippen MR) is 119 cm³/mol. The van der Waals surface area contributed by atoms with Gasteiger partial charge in [0.1, 0.15) is 11.5 Å². The fourth-order valence-corrected chi connectivity index (χ4v) is 3.39. The lowest BCUT2D eigenvalue weighted by molar-refractivity contribution is 0.0982. The van der Waals surface area contributed by atoms with Gasteiger partial charge >= 0.3 is 0 Å². The van der Waals surface area contributed by atoms with Gasteiger partial charge in [-0.3, -0.25) is 14.8 Å². The maximum Gasteiger partial charge on any atom is 0.262 e. The van der Waals surface area contributed by atoms with Crippen molar-refractivity contribution in [2.45, 2.75) is 13.5 Å².